The third-order valence-corrected chi connectivity index (χ3v) is 4.70. The highest BCUT2D eigenvalue weighted by atomic mass is 16.5. The second-order valence-corrected chi connectivity index (χ2v) is 6.96. The van der Waals surface area contributed by atoms with Gasteiger partial charge in [0.15, 0.2) is 0 Å². The van der Waals surface area contributed by atoms with E-state index in [4.69, 9.17) is 4.74 Å². The van der Waals surface area contributed by atoms with E-state index in [1.165, 1.54) is 0 Å². The van der Waals surface area contributed by atoms with Crippen molar-refractivity contribution in [2.75, 3.05) is 33.8 Å². The van der Waals surface area contributed by atoms with Gasteiger partial charge in [0, 0.05) is 32.0 Å². The van der Waals surface area contributed by atoms with Gasteiger partial charge in [-0.15, -0.1) is 0 Å². The second-order valence-electron chi connectivity index (χ2n) is 6.96. The number of methoxy groups -OCH3 is 1. The van der Waals surface area contributed by atoms with Crippen LogP contribution < -0.4 is 4.74 Å². The minimum absolute atomic E-state index is 0.0770. The van der Waals surface area contributed by atoms with Gasteiger partial charge in [-0.25, -0.2) is 0 Å². The van der Waals surface area contributed by atoms with Crippen molar-refractivity contribution < 1.29 is 14.6 Å². The Balaban J connectivity index is 1.56. The third-order valence-electron chi connectivity index (χ3n) is 4.70. The number of nitrogens with zero attached hydrogens (tertiary/aromatic N) is 3. The van der Waals surface area contributed by atoms with E-state index in [2.05, 4.69) is 9.88 Å². The molecule has 1 N–H and O–H groups in total. The van der Waals surface area contributed by atoms with Crippen LogP contribution in [0.25, 0.3) is 0 Å². The summed E-state index contributed by atoms with van der Waals surface area (Å²) in [4.78, 5) is 20.3. The molecule has 1 atom stereocenters. The molecule has 2 heterocycles. The second kappa shape index (κ2) is 7.85. The van der Waals surface area contributed by atoms with Crippen LogP contribution in [-0.2, 0) is 6.54 Å². The molecule has 2 aromatic rings. The summed E-state index contributed by atoms with van der Waals surface area (Å²) in [5.41, 5.74) is 0.820. The lowest BCUT2D eigenvalue weighted by Gasteiger charge is -2.29. The van der Waals surface area contributed by atoms with Crippen LogP contribution in [-0.4, -0.2) is 65.2 Å². The minimum atomic E-state index is -0.890. The summed E-state index contributed by atoms with van der Waals surface area (Å²) in [6.07, 6.45) is 3.78. The van der Waals surface area contributed by atoms with Crippen LogP contribution in [0.5, 0.6) is 5.75 Å². The van der Waals surface area contributed by atoms with E-state index in [1.54, 1.807) is 36.5 Å². The number of aromatic nitrogens is 1. The number of benzene rings is 1. The predicted octanol–water partition coefficient (Wildman–Crippen LogP) is 1.80. The number of likely N-dealkylation sites (tertiary alicyclic amines) is 1. The van der Waals surface area contributed by atoms with E-state index in [0.717, 1.165) is 17.9 Å². The first-order valence-electron chi connectivity index (χ1n) is 8.72. The maximum absolute atomic E-state index is 12.5. The highest BCUT2D eigenvalue weighted by Crippen LogP contribution is 2.24. The van der Waals surface area contributed by atoms with E-state index in [9.17, 15) is 9.90 Å². The number of carbonyl (C=O) groups is 1. The number of hydrogen-bond acceptors (Lipinski definition) is 5. The summed E-state index contributed by atoms with van der Waals surface area (Å²) in [5, 5.41) is 10.9. The standard InChI is InChI=1S/C20H25N3O3/c1-22(13-16-5-7-18(26-2)8-6-16)14-20(25)9-11-23(15-20)19(24)17-4-3-10-21-12-17/h3-8,10,12,25H,9,11,13-15H2,1-2H3/t20-/m0/s1. The van der Waals surface area contributed by atoms with E-state index in [0.29, 0.717) is 31.6 Å². The summed E-state index contributed by atoms with van der Waals surface area (Å²) in [5.74, 6) is 0.752. The minimum Gasteiger partial charge on any atom is -0.497 e. The number of carbonyl (C=O) groups excluding carboxylic acids is 1. The van der Waals surface area contributed by atoms with Crippen molar-refractivity contribution in [1.29, 1.82) is 0 Å². The van der Waals surface area contributed by atoms with Crippen molar-refractivity contribution in [3.63, 3.8) is 0 Å². The van der Waals surface area contributed by atoms with Crippen LogP contribution in [0.2, 0.25) is 0 Å². The molecule has 0 radical (unpaired) electrons. The summed E-state index contributed by atoms with van der Waals surface area (Å²) < 4.78 is 5.17. The van der Waals surface area contributed by atoms with Gasteiger partial charge in [-0.3, -0.25) is 14.7 Å². The molecular formula is C20H25N3O3. The molecule has 6 nitrogen and oxygen atoms in total. The molecule has 1 aromatic carbocycles. The molecule has 0 unspecified atom stereocenters. The van der Waals surface area contributed by atoms with Crippen molar-refractivity contribution in [3.8, 4) is 5.75 Å². The number of hydrogen-bond donors (Lipinski definition) is 1. The molecule has 1 saturated heterocycles. The van der Waals surface area contributed by atoms with Crippen molar-refractivity contribution in [2.45, 2.75) is 18.6 Å². The van der Waals surface area contributed by atoms with Crippen molar-refractivity contribution in [2.24, 2.45) is 0 Å². The number of β-amino-alcohol motifs (C(OH)–C–C–N with tert-alkyl or cyclic N) is 1. The highest BCUT2D eigenvalue weighted by molar-refractivity contribution is 5.94. The molecular weight excluding hydrogens is 330 g/mol. The zero-order valence-corrected chi connectivity index (χ0v) is 15.3. The van der Waals surface area contributed by atoms with Crippen LogP contribution in [0.4, 0.5) is 0 Å². The van der Waals surface area contributed by atoms with Gasteiger partial charge in [0.25, 0.3) is 5.91 Å². The topological polar surface area (TPSA) is 65.9 Å². The Labute approximate surface area is 154 Å². The average Bonchev–Trinajstić information content (AvgIpc) is 3.04. The lowest BCUT2D eigenvalue weighted by Crippen LogP contribution is -2.44. The van der Waals surface area contributed by atoms with Crippen molar-refractivity contribution >= 4 is 5.91 Å². The van der Waals surface area contributed by atoms with Crippen LogP contribution >= 0.6 is 0 Å². The number of amides is 1. The molecule has 138 valence electrons. The normalized spacial score (nSPS) is 19.8. The monoisotopic (exact) mass is 355 g/mol. The highest BCUT2D eigenvalue weighted by Gasteiger charge is 2.39. The molecule has 1 amide bonds. The molecule has 1 aromatic heterocycles. The van der Waals surface area contributed by atoms with E-state index >= 15 is 0 Å². The maximum atomic E-state index is 12.5. The molecule has 0 saturated carbocycles. The van der Waals surface area contributed by atoms with Crippen LogP contribution in [0, 0.1) is 0 Å². The van der Waals surface area contributed by atoms with E-state index in [-0.39, 0.29) is 5.91 Å². The molecule has 1 aliphatic heterocycles. The van der Waals surface area contributed by atoms with Gasteiger partial charge in [-0.2, -0.15) is 0 Å². The first-order chi connectivity index (χ1) is 12.5. The molecule has 1 fully saturated rings. The molecule has 0 aliphatic carbocycles. The van der Waals surface area contributed by atoms with Crippen molar-refractivity contribution in [1.82, 2.24) is 14.8 Å². The summed E-state index contributed by atoms with van der Waals surface area (Å²) in [6, 6.07) is 11.4. The Morgan fingerprint density at radius 2 is 2.12 bits per heavy atom. The fraction of sp³-hybridized carbons (Fsp3) is 0.400. The summed E-state index contributed by atoms with van der Waals surface area (Å²) in [7, 11) is 3.63. The SMILES string of the molecule is COc1ccc(CN(C)C[C@@]2(O)CCN(C(=O)c3cccnc3)C2)cc1. The van der Waals surface area contributed by atoms with Gasteiger partial charge in [-0.05, 0) is 43.3 Å². The third kappa shape index (κ3) is 4.39. The molecule has 6 heteroatoms. The van der Waals surface area contributed by atoms with Gasteiger partial charge >= 0.3 is 0 Å². The molecule has 26 heavy (non-hydrogen) atoms. The fourth-order valence-electron chi connectivity index (χ4n) is 3.43. The molecule has 1 aliphatic rings. The Morgan fingerprint density at radius 1 is 1.35 bits per heavy atom. The van der Waals surface area contributed by atoms with Gasteiger partial charge in [0.1, 0.15) is 5.75 Å². The number of likely N-dealkylation sites (N-methyl/N-ethyl adjacent to an activating group) is 1. The Kier molecular flexibility index (Phi) is 5.54. The molecule has 0 bridgehead atoms. The Hall–Kier alpha value is -2.44. The van der Waals surface area contributed by atoms with Crippen LogP contribution in [0.1, 0.15) is 22.3 Å². The summed E-state index contributed by atoms with van der Waals surface area (Å²) in [6.45, 7) is 2.13. The zero-order chi connectivity index (χ0) is 18.6. The Morgan fingerprint density at radius 3 is 2.77 bits per heavy atom. The Bertz CT molecular complexity index is 736. The fourth-order valence-corrected chi connectivity index (χ4v) is 3.43. The average molecular weight is 355 g/mol. The number of ether oxygens (including phenoxy) is 1. The maximum Gasteiger partial charge on any atom is 0.255 e. The van der Waals surface area contributed by atoms with E-state index in [1.807, 2.05) is 31.3 Å². The lowest BCUT2D eigenvalue weighted by molar-refractivity contribution is 0.0163. The van der Waals surface area contributed by atoms with Gasteiger partial charge < -0.3 is 14.7 Å². The summed E-state index contributed by atoms with van der Waals surface area (Å²) >= 11 is 0. The predicted molar refractivity (Wildman–Crippen MR) is 99.0 cm³/mol. The number of rotatable bonds is 6. The van der Waals surface area contributed by atoms with Gasteiger partial charge in [0.2, 0.25) is 0 Å². The van der Waals surface area contributed by atoms with Crippen molar-refractivity contribution in [3.05, 3.63) is 59.9 Å². The van der Waals surface area contributed by atoms with E-state index < -0.39 is 5.60 Å². The first kappa shape index (κ1) is 18.4. The molecule has 0 spiro atoms. The van der Waals surface area contributed by atoms with Gasteiger partial charge in [-0.1, -0.05) is 12.1 Å². The smallest absolute Gasteiger partial charge is 0.255 e. The zero-order valence-electron chi connectivity index (χ0n) is 15.3. The largest absolute Gasteiger partial charge is 0.497 e. The van der Waals surface area contributed by atoms with Crippen LogP contribution in [0.15, 0.2) is 48.8 Å². The number of pyridine rings is 1. The number of aliphatic hydroxyl groups is 1. The first-order valence-corrected chi connectivity index (χ1v) is 8.72. The van der Waals surface area contributed by atoms with Gasteiger partial charge in [0.05, 0.1) is 24.8 Å². The molecule has 3 rings (SSSR count). The van der Waals surface area contributed by atoms with Crippen LogP contribution in [0.3, 0.4) is 0 Å². The lowest BCUT2D eigenvalue weighted by atomic mass is 10.0. The quantitative estimate of drug-likeness (QED) is 0.856.